The molecule has 0 fully saturated rings. The summed E-state index contributed by atoms with van der Waals surface area (Å²) in [5.41, 5.74) is 3.20. The number of aliphatic hydroxyl groups is 1. The van der Waals surface area contributed by atoms with E-state index in [1.54, 1.807) is 19.1 Å². The van der Waals surface area contributed by atoms with E-state index in [0.29, 0.717) is 5.56 Å². The summed E-state index contributed by atoms with van der Waals surface area (Å²) in [6, 6.07) is 3.36. The predicted molar refractivity (Wildman–Crippen MR) is 53.0 cm³/mol. The summed E-state index contributed by atoms with van der Waals surface area (Å²) >= 11 is 0. The molecule has 1 rings (SSSR count). The molecule has 15 heavy (non-hydrogen) atoms. The molecule has 0 aliphatic rings. The standard InChI is InChI=1S/C10H14F2N2O/c1-14(2)13-6-10(15)7-3-4-8(11)9(12)5-7/h3-5,10,13,15H,6H2,1-2H3. The molecule has 0 saturated heterocycles. The number of halogens is 2. The Kier molecular flexibility index (Phi) is 4.14. The molecular weight excluding hydrogens is 202 g/mol. The molecule has 1 aromatic rings. The van der Waals surface area contributed by atoms with E-state index in [2.05, 4.69) is 5.43 Å². The average Bonchev–Trinajstić information content (AvgIpc) is 2.18. The van der Waals surface area contributed by atoms with Gasteiger partial charge in [-0.2, -0.15) is 0 Å². The Balaban J connectivity index is 2.65. The van der Waals surface area contributed by atoms with Gasteiger partial charge in [0, 0.05) is 20.6 Å². The van der Waals surface area contributed by atoms with Crippen LogP contribution in [0.4, 0.5) is 8.78 Å². The highest BCUT2D eigenvalue weighted by Crippen LogP contribution is 2.15. The highest BCUT2D eigenvalue weighted by molar-refractivity contribution is 5.20. The van der Waals surface area contributed by atoms with Crippen molar-refractivity contribution < 1.29 is 13.9 Å². The van der Waals surface area contributed by atoms with E-state index in [-0.39, 0.29) is 6.54 Å². The average molecular weight is 216 g/mol. The van der Waals surface area contributed by atoms with Gasteiger partial charge >= 0.3 is 0 Å². The lowest BCUT2D eigenvalue weighted by Crippen LogP contribution is -2.34. The minimum absolute atomic E-state index is 0.248. The van der Waals surface area contributed by atoms with Crippen molar-refractivity contribution in [2.24, 2.45) is 0 Å². The van der Waals surface area contributed by atoms with Crippen LogP contribution >= 0.6 is 0 Å². The lowest BCUT2D eigenvalue weighted by Gasteiger charge is -2.16. The molecule has 0 aliphatic heterocycles. The van der Waals surface area contributed by atoms with Gasteiger partial charge in [0.15, 0.2) is 11.6 Å². The fourth-order valence-corrected chi connectivity index (χ4v) is 1.11. The summed E-state index contributed by atoms with van der Waals surface area (Å²) in [7, 11) is 3.55. The minimum atomic E-state index is -0.948. The van der Waals surface area contributed by atoms with Crippen LogP contribution in [-0.4, -0.2) is 30.8 Å². The Morgan fingerprint density at radius 2 is 2.00 bits per heavy atom. The van der Waals surface area contributed by atoms with Crippen LogP contribution in [0.25, 0.3) is 0 Å². The zero-order chi connectivity index (χ0) is 11.4. The lowest BCUT2D eigenvalue weighted by atomic mass is 10.1. The molecule has 84 valence electrons. The van der Waals surface area contributed by atoms with E-state index in [0.717, 1.165) is 12.1 Å². The molecule has 0 heterocycles. The Hall–Kier alpha value is -1.04. The highest BCUT2D eigenvalue weighted by atomic mass is 19.2. The molecule has 1 aromatic carbocycles. The second kappa shape index (κ2) is 5.16. The summed E-state index contributed by atoms with van der Waals surface area (Å²) < 4.78 is 25.4. The minimum Gasteiger partial charge on any atom is -0.387 e. The summed E-state index contributed by atoms with van der Waals surface area (Å²) in [5.74, 6) is -1.86. The predicted octanol–water partition coefficient (Wildman–Crippen LogP) is 1.06. The van der Waals surface area contributed by atoms with Crippen LogP contribution in [0.15, 0.2) is 18.2 Å². The quantitative estimate of drug-likeness (QED) is 0.739. The molecule has 0 aliphatic carbocycles. The van der Waals surface area contributed by atoms with Gasteiger partial charge in [-0.05, 0) is 17.7 Å². The third kappa shape index (κ3) is 3.54. The molecular formula is C10H14F2N2O. The van der Waals surface area contributed by atoms with E-state index in [4.69, 9.17) is 0 Å². The van der Waals surface area contributed by atoms with E-state index < -0.39 is 17.7 Å². The Morgan fingerprint density at radius 1 is 1.33 bits per heavy atom. The number of hydrogen-bond acceptors (Lipinski definition) is 3. The third-order valence-corrected chi connectivity index (χ3v) is 1.93. The van der Waals surface area contributed by atoms with E-state index in [1.165, 1.54) is 6.07 Å². The summed E-state index contributed by atoms with van der Waals surface area (Å²) in [4.78, 5) is 0. The number of hydrazine groups is 1. The fourth-order valence-electron chi connectivity index (χ4n) is 1.11. The topological polar surface area (TPSA) is 35.5 Å². The Morgan fingerprint density at radius 3 is 2.53 bits per heavy atom. The first-order valence-corrected chi connectivity index (χ1v) is 4.54. The number of rotatable bonds is 4. The number of benzene rings is 1. The highest BCUT2D eigenvalue weighted by Gasteiger charge is 2.10. The maximum absolute atomic E-state index is 12.8. The van der Waals surface area contributed by atoms with Gasteiger partial charge in [-0.1, -0.05) is 6.07 Å². The normalized spacial score (nSPS) is 13.2. The van der Waals surface area contributed by atoms with Crippen molar-refractivity contribution in [3.05, 3.63) is 35.4 Å². The Bertz CT molecular complexity index is 331. The van der Waals surface area contributed by atoms with Gasteiger partial charge < -0.3 is 5.11 Å². The SMILES string of the molecule is CN(C)NCC(O)c1ccc(F)c(F)c1. The molecule has 5 heteroatoms. The molecule has 0 amide bonds. The molecule has 2 N–H and O–H groups in total. The van der Waals surface area contributed by atoms with Crippen LogP contribution < -0.4 is 5.43 Å². The second-order valence-corrected chi connectivity index (χ2v) is 3.45. The second-order valence-electron chi connectivity index (χ2n) is 3.45. The molecule has 0 aromatic heterocycles. The van der Waals surface area contributed by atoms with Crippen molar-refractivity contribution in [3.8, 4) is 0 Å². The maximum Gasteiger partial charge on any atom is 0.159 e. The summed E-state index contributed by atoms with van der Waals surface area (Å²) in [6.45, 7) is 0.248. The number of hydrogen-bond donors (Lipinski definition) is 2. The Labute approximate surface area is 87.3 Å². The van der Waals surface area contributed by atoms with Crippen LogP contribution in [0.2, 0.25) is 0 Å². The molecule has 1 atom stereocenters. The van der Waals surface area contributed by atoms with Gasteiger partial charge in [0.2, 0.25) is 0 Å². The zero-order valence-electron chi connectivity index (χ0n) is 8.67. The number of nitrogens with zero attached hydrogens (tertiary/aromatic N) is 1. The van der Waals surface area contributed by atoms with Crippen LogP contribution in [0.3, 0.4) is 0 Å². The van der Waals surface area contributed by atoms with Gasteiger partial charge in [-0.3, -0.25) is 10.4 Å². The first-order chi connectivity index (χ1) is 7.00. The number of aliphatic hydroxyl groups excluding tert-OH is 1. The van der Waals surface area contributed by atoms with Gasteiger partial charge in [0.1, 0.15) is 0 Å². The first kappa shape index (κ1) is 12.0. The zero-order valence-corrected chi connectivity index (χ0v) is 8.67. The third-order valence-electron chi connectivity index (χ3n) is 1.93. The largest absolute Gasteiger partial charge is 0.387 e. The van der Waals surface area contributed by atoms with Crippen molar-refractivity contribution in [2.45, 2.75) is 6.10 Å². The van der Waals surface area contributed by atoms with Crippen molar-refractivity contribution in [1.29, 1.82) is 0 Å². The van der Waals surface area contributed by atoms with Gasteiger partial charge in [0.25, 0.3) is 0 Å². The van der Waals surface area contributed by atoms with Crippen LogP contribution in [0.5, 0.6) is 0 Å². The van der Waals surface area contributed by atoms with Gasteiger partial charge in [0.05, 0.1) is 6.10 Å². The van der Waals surface area contributed by atoms with E-state index in [1.807, 2.05) is 0 Å². The molecule has 0 bridgehead atoms. The summed E-state index contributed by atoms with van der Waals surface area (Å²) in [5, 5.41) is 11.3. The van der Waals surface area contributed by atoms with Gasteiger partial charge in [-0.15, -0.1) is 0 Å². The first-order valence-electron chi connectivity index (χ1n) is 4.54. The molecule has 1 unspecified atom stereocenters. The maximum atomic E-state index is 12.8. The molecule has 0 spiro atoms. The van der Waals surface area contributed by atoms with Gasteiger partial charge in [-0.25, -0.2) is 8.78 Å². The van der Waals surface area contributed by atoms with Crippen molar-refractivity contribution in [2.75, 3.05) is 20.6 Å². The van der Waals surface area contributed by atoms with Crippen molar-refractivity contribution >= 4 is 0 Å². The number of nitrogens with one attached hydrogen (secondary N) is 1. The summed E-state index contributed by atoms with van der Waals surface area (Å²) in [6.07, 6.45) is -0.859. The van der Waals surface area contributed by atoms with E-state index >= 15 is 0 Å². The fraction of sp³-hybridized carbons (Fsp3) is 0.400. The van der Waals surface area contributed by atoms with Crippen molar-refractivity contribution in [3.63, 3.8) is 0 Å². The molecule has 0 radical (unpaired) electrons. The lowest BCUT2D eigenvalue weighted by molar-refractivity contribution is 0.141. The van der Waals surface area contributed by atoms with Crippen molar-refractivity contribution in [1.82, 2.24) is 10.4 Å². The van der Waals surface area contributed by atoms with Crippen LogP contribution in [0, 0.1) is 11.6 Å². The smallest absolute Gasteiger partial charge is 0.159 e. The monoisotopic (exact) mass is 216 g/mol. The van der Waals surface area contributed by atoms with E-state index in [9.17, 15) is 13.9 Å². The molecule has 3 nitrogen and oxygen atoms in total. The van der Waals surface area contributed by atoms with Crippen LogP contribution in [-0.2, 0) is 0 Å². The van der Waals surface area contributed by atoms with Crippen LogP contribution in [0.1, 0.15) is 11.7 Å². The molecule has 0 saturated carbocycles.